The minimum absolute atomic E-state index is 0.0623. The van der Waals surface area contributed by atoms with E-state index < -0.39 is 0 Å². The molecule has 2 bridgehead atoms. The smallest absolute Gasteiger partial charge is 0.318 e. The maximum atomic E-state index is 13.0. The molecule has 6 heteroatoms. The van der Waals surface area contributed by atoms with Gasteiger partial charge < -0.3 is 14.7 Å². The van der Waals surface area contributed by atoms with Gasteiger partial charge in [0.05, 0.1) is 0 Å². The van der Waals surface area contributed by atoms with Gasteiger partial charge in [-0.15, -0.1) is 0 Å². The first kappa shape index (κ1) is 15.6. The molecule has 1 N–H and O–H groups in total. The van der Waals surface area contributed by atoms with Gasteiger partial charge in [0.1, 0.15) is 6.04 Å². The summed E-state index contributed by atoms with van der Waals surface area (Å²) in [6.07, 6.45) is 9.81. The Bertz CT molecular complexity index is 660. The number of nitrogens with one attached hydrogen (secondary N) is 1. The second kappa shape index (κ2) is 5.99. The number of aryl methyl sites for hydroxylation is 1. The molecule has 3 saturated carbocycles. The average Bonchev–Trinajstić information content (AvgIpc) is 3.36. The van der Waals surface area contributed by atoms with Crippen LogP contribution in [0.4, 0.5) is 4.79 Å². The molecule has 0 spiro atoms. The monoisotopic (exact) mass is 344 g/mol. The number of likely N-dealkylation sites (tertiary alicyclic amines) is 1. The second-order valence-electron chi connectivity index (χ2n) is 8.59. The Morgan fingerprint density at radius 1 is 1.12 bits per heavy atom. The lowest BCUT2D eigenvalue weighted by Gasteiger charge is -2.37. The number of amides is 2. The fourth-order valence-electron chi connectivity index (χ4n) is 6.36. The van der Waals surface area contributed by atoms with E-state index >= 15 is 0 Å². The van der Waals surface area contributed by atoms with Crippen molar-refractivity contribution in [2.24, 2.45) is 23.7 Å². The van der Waals surface area contributed by atoms with Gasteiger partial charge in [0.25, 0.3) is 0 Å². The van der Waals surface area contributed by atoms with Crippen molar-refractivity contribution in [3.8, 4) is 0 Å². The van der Waals surface area contributed by atoms with Gasteiger partial charge in [0, 0.05) is 12.6 Å². The van der Waals surface area contributed by atoms with Gasteiger partial charge in [-0.1, -0.05) is 11.6 Å². The predicted octanol–water partition coefficient (Wildman–Crippen LogP) is 3.44. The Hall–Kier alpha value is -1.59. The number of rotatable bonds is 2. The van der Waals surface area contributed by atoms with Crippen LogP contribution in [0.15, 0.2) is 4.52 Å². The highest BCUT2D eigenvalue weighted by atomic mass is 16.5. The van der Waals surface area contributed by atoms with E-state index in [0.717, 1.165) is 49.5 Å². The van der Waals surface area contributed by atoms with Crippen LogP contribution in [0.1, 0.15) is 69.1 Å². The van der Waals surface area contributed by atoms with Crippen molar-refractivity contribution < 1.29 is 9.32 Å². The molecule has 6 nitrogen and oxygen atoms in total. The van der Waals surface area contributed by atoms with Gasteiger partial charge >= 0.3 is 6.03 Å². The van der Waals surface area contributed by atoms with Crippen LogP contribution in [0.3, 0.4) is 0 Å². The Morgan fingerprint density at radius 2 is 2.00 bits per heavy atom. The Balaban J connectivity index is 1.28. The summed E-state index contributed by atoms with van der Waals surface area (Å²) in [5, 5.41) is 7.31. The van der Waals surface area contributed by atoms with E-state index in [1.807, 2.05) is 11.8 Å². The summed E-state index contributed by atoms with van der Waals surface area (Å²) in [5.41, 5.74) is 0. The number of urea groups is 1. The van der Waals surface area contributed by atoms with E-state index in [1.54, 1.807) is 0 Å². The van der Waals surface area contributed by atoms with E-state index in [9.17, 15) is 4.79 Å². The molecule has 0 aromatic carbocycles. The van der Waals surface area contributed by atoms with E-state index in [-0.39, 0.29) is 12.1 Å². The molecular formula is C19H28N4O2. The minimum Gasteiger partial charge on any atom is -0.337 e. The van der Waals surface area contributed by atoms with Crippen LogP contribution in [0.2, 0.25) is 0 Å². The molecule has 2 amide bonds. The molecule has 6 unspecified atom stereocenters. The van der Waals surface area contributed by atoms with Crippen molar-refractivity contribution in [3.05, 3.63) is 11.7 Å². The number of aromatic nitrogens is 2. The highest BCUT2D eigenvalue weighted by Gasteiger charge is 2.54. The normalized spacial score (nSPS) is 39.6. The summed E-state index contributed by atoms with van der Waals surface area (Å²) in [6, 6.07) is 0.393. The standard InChI is InChI=1S/C19H28N4O2/c1-11-20-18(25-22-11)17-7-2-3-8-23(17)19(24)21-16-10-12-9-15(16)14-6-4-5-13(12)14/h12-17H,2-10H2,1H3,(H,21,24). The molecule has 5 rings (SSSR count). The van der Waals surface area contributed by atoms with Crippen molar-refractivity contribution in [2.45, 2.75) is 70.4 Å². The van der Waals surface area contributed by atoms with Crippen molar-refractivity contribution in [2.75, 3.05) is 6.54 Å². The number of hydrogen-bond donors (Lipinski definition) is 1. The van der Waals surface area contributed by atoms with E-state index in [2.05, 4.69) is 15.5 Å². The SMILES string of the molecule is Cc1noc(C2CCCCN2C(=O)NC2CC3CC2C2CCCC32)n1. The molecule has 6 atom stereocenters. The summed E-state index contributed by atoms with van der Waals surface area (Å²) in [6.45, 7) is 2.61. The zero-order chi connectivity index (χ0) is 17.0. The summed E-state index contributed by atoms with van der Waals surface area (Å²) in [5.74, 6) is 4.65. The first-order chi connectivity index (χ1) is 12.2. The number of piperidine rings is 1. The molecule has 3 aliphatic carbocycles. The molecule has 1 aliphatic heterocycles. The summed E-state index contributed by atoms with van der Waals surface area (Å²) in [7, 11) is 0. The summed E-state index contributed by atoms with van der Waals surface area (Å²) < 4.78 is 5.38. The van der Waals surface area contributed by atoms with Crippen LogP contribution in [0.5, 0.6) is 0 Å². The molecule has 1 aromatic rings. The third-order valence-electron chi connectivity index (χ3n) is 7.33. The molecule has 25 heavy (non-hydrogen) atoms. The zero-order valence-electron chi connectivity index (χ0n) is 15.0. The highest BCUT2D eigenvalue weighted by molar-refractivity contribution is 5.75. The predicted molar refractivity (Wildman–Crippen MR) is 91.7 cm³/mol. The molecule has 1 aromatic heterocycles. The lowest BCUT2D eigenvalue weighted by atomic mass is 9.79. The van der Waals surface area contributed by atoms with Crippen LogP contribution in [0, 0.1) is 30.6 Å². The van der Waals surface area contributed by atoms with Gasteiger partial charge in [-0.3, -0.25) is 0 Å². The topological polar surface area (TPSA) is 71.3 Å². The summed E-state index contributed by atoms with van der Waals surface area (Å²) in [4.78, 5) is 19.4. The summed E-state index contributed by atoms with van der Waals surface area (Å²) >= 11 is 0. The van der Waals surface area contributed by atoms with E-state index in [0.29, 0.717) is 17.8 Å². The van der Waals surface area contributed by atoms with E-state index in [4.69, 9.17) is 4.52 Å². The third kappa shape index (κ3) is 2.56. The number of carbonyl (C=O) groups is 1. The highest BCUT2D eigenvalue weighted by Crippen LogP contribution is 2.58. The first-order valence-corrected chi connectivity index (χ1v) is 10.1. The van der Waals surface area contributed by atoms with E-state index in [1.165, 1.54) is 32.1 Å². The van der Waals surface area contributed by atoms with Gasteiger partial charge in [0.2, 0.25) is 5.89 Å². The Labute approximate surface area is 148 Å². The number of nitrogens with zero attached hydrogens (tertiary/aromatic N) is 3. The fourth-order valence-corrected chi connectivity index (χ4v) is 6.36. The molecule has 136 valence electrons. The van der Waals surface area contributed by atoms with Crippen molar-refractivity contribution in [1.29, 1.82) is 0 Å². The minimum atomic E-state index is -0.0623. The molecule has 4 aliphatic rings. The van der Waals surface area contributed by atoms with Crippen molar-refractivity contribution >= 4 is 6.03 Å². The number of carbonyl (C=O) groups excluding carboxylic acids is 1. The molecule has 2 heterocycles. The molecule has 1 saturated heterocycles. The Morgan fingerprint density at radius 3 is 2.84 bits per heavy atom. The fraction of sp³-hybridized carbons (Fsp3) is 0.842. The van der Waals surface area contributed by atoms with Crippen LogP contribution in [-0.4, -0.2) is 33.7 Å². The lowest BCUT2D eigenvalue weighted by molar-refractivity contribution is 0.122. The lowest BCUT2D eigenvalue weighted by Crippen LogP contribution is -2.50. The van der Waals surface area contributed by atoms with Gasteiger partial charge in [-0.05, 0) is 75.5 Å². The molecular weight excluding hydrogens is 316 g/mol. The van der Waals surface area contributed by atoms with Crippen LogP contribution >= 0.6 is 0 Å². The maximum Gasteiger partial charge on any atom is 0.318 e. The maximum absolute atomic E-state index is 13.0. The van der Waals surface area contributed by atoms with Crippen LogP contribution < -0.4 is 5.32 Å². The van der Waals surface area contributed by atoms with Gasteiger partial charge in [0.15, 0.2) is 5.82 Å². The number of hydrogen-bond acceptors (Lipinski definition) is 4. The number of fused-ring (bicyclic) bond motifs is 5. The largest absolute Gasteiger partial charge is 0.337 e. The van der Waals surface area contributed by atoms with Crippen LogP contribution in [0.25, 0.3) is 0 Å². The molecule has 0 radical (unpaired) electrons. The third-order valence-corrected chi connectivity index (χ3v) is 7.33. The van der Waals surface area contributed by atoms with Gasteiger partial charge in [-0.2, -0.15) is 4.98 Å². The van der Waals surface area contributed by atoms with Crippen LogP contribution in [-0.2, 0) is 0 Å². The molecule has 4 fully saturated rings. The van der Waals surface area contributed by atoms with Crippen molar-refractivity contribution in [1.82, 2.24) is 20.4 Å². The quantitative estimate of drug-likeness (QED) is 0.892. The first-order valence-electron chi connectivity index (χ1n) is 10.1. The second-order valence-corrected chi connectivity index (χ2v) is 8.59. The average molecular weight is 344 g/mol. The van der Waals surface area contributed by atoms with Crippen molar-refractivity contribution in [3.63, 3.8) is 0 Å². The Kier molecular flexibility index (Phi) is 3.75. The zero-order valence-corrected chi connectivity index (χ0v) is 15.0. The van der Waals surface area contributed by atoms with Gasteiger partial charge in [-0.25, -0.2) is 4.79 Å².